The predicted octanol–water partition coefficient (Wildman–Crippen LogP) is 2.09. The van der Waals surface area contributed by atoms with Gasteiger partial charge >= 0.3 is 0 Å². The van der Waals surface area contributed by atoms with Crippen molar-refractivity contribution in [1.82, 2.24) is 0 Å². The van der Waals surface area contributed by atoms with Gasteiger partial charge in [0.1, 0.15) is 0 Å². The molecule has 0 saturated heterocycles. The van der Waals surface area contributed by atoms with E-state index in [1.54, 1.807) is 0 Å². The van der Waals surface area contributed by atoms with Crippen molar-refractivity contribution in [3.8, 4) is 0 Å². The molecule has 0 radical (unpaired) electrons. The number of hydrogen-bond acceptors (Lipinski definition) is 2. The van der Waals surface area contributed by atoms with E-state index in [1.165, 1.54) is 5.56 Å². The Balaban J connectivity index is 2.66. The highest BCUT2D eigenvalue weighted by atomic mass is 32.2. The van der Waals surface area contributed by atoms with E-state index < -0.39 is 0 Å². The summed E-state index contributed by atoms with van der Waals surface area (Å²) in [5, 5.41) is 0. The molecule has 0 bridgehead atoms. The molecule has 1 aromatic carbocycles. The zero-order valence-corrected chi connectivity index (χ0v) is 8.18. The van der Waals surface area contributed by atoms with Crippen LogP contribution in [0.25, 0.3) is 0 Å². The Bertz CT molecular complexity index is 210. The average Bonchev–Trinajstić information content (AvgIpc) is 2.15. The zero-order chi connectivity index (χ0) is 8.81. The van der Waals surface area contributed by atoms with Crippen LogP contribution in [0.15, 0.2) is 30.3 Å². The summed E-state index contributed by atoms with van der Waals surface area (Å²) in [4.78, 5) is 0. The van der Waals surface area contributed by atoms with Gasteiger partial charge in [-0.3, -0.25) is 0 Å². The Morgan fingerprint density at radius 3 is 2.50 bits per heavy atom. The van der Waals surface area contributed by atoms with Crippen LogP contribution in [0.2, 0.25) is 0 Å². The van der Waals surface area contributed by atoms with Crippen molar-refractivity contribution in [3.05, 3.63) is 35.9 Å². The normalized spacial score (nSPS) is 12.8. The SMILES string of the molecule is CSCC(CN)c1ccccc1. The number of thioether (sulfide) groups is 1. The van der Waals surface area contributed by atoms with Gasteiger partial charge in [0.15, 0.2) is 0 Å². The molecular weight excluding hydrogens is 166 g/mol. The van der Waals surface area contributed by atoms with Gasteiger partial charge in [-0.15, -0.1) is 0 Å². The maximum atomic E-state index is 5.68. The molecule has 0 saturated carbocycles. The fourth-order valence-electron chi connectivity index (χ4n) is 1.23. The van der Waals surface area contributed by atoms with Crippen molar-refractivity contribution in [3.63, 3.8) is 0 Å². The highest BCUT2D eigenvalue weighted by Gasteiger charge is 2.06. The standard InChI is InChI=1S/C10H15NS/c1-12-8-10(7-11)9-5-3-2-4-6-9/h2-6,10H,7-8,11H2,1H3. The first kappa shape index (κ1) is 9.62. The van der Waals surface area contributed by atoms with E-state index in [1.807, 2.05) is 17.8 Å². The fraction of sp³-hybridized carbons (Fsp3) is 0.400. The summed E-state index contributed by atoms with van der Waals surface area (Å²) in [5.74, 6) is 1.63. The van der Waals surface area contributed by atoms with Crippen LogP contribution >= 0.6 is 11.8 Å². The number of benzene rings is 1. The van der Waals surface area contributed by atoms with E-state index in [4.69, 9.17) is 5.73 Å². The second kappa shape index (κ2) is 5.22. The molecule has 0 aliphatic rings. The molecule has 0 fully saturated rings. The smallest absolute Gasteiger partial charge is 0.00518 e. The molecule has 0 aliphatic carbocycles. The first-order valence-electron chi connectivity index (χ1n) is 4.12. The average molecular weight is 181 g/mol. The Hall–Kier alpha value is -0.470. The summed E-state index contributed by atoms with van der Waals surface area (Å²) in [6, 6.07) is 10.5. The number of nitrogens with two attached hydrogens (primary N) is 1. The molecule has 1 unspecified atom stereocenters. The van der Waals surface area contributed by atoms with Gasteiger partial charge < -0.3 is 5.73 Å². The summed E-state index contributed by atoms with van der Waals surface area (Å²) < 4.78 is 0. The largest absolute Gasteiger partial charge is 0.330 e. The zero-order valence-electron chi connectivity index (χ0n) is 7.36. The van der Waals surface area contributed by atoms with E-state index in [9.17, 15) is 0 Å². The maximum absolute atomic E-state index is 5.68. The maximum Gasteiger partial charge on any atom is 0.00518 e. The van der Waals surface area contributed by atoms with Crippen molar-refractivity contribution in [2.75, 3.05) is 18.6 Å². The third-order valence-corrected chi connectivity index (χ3v) is 2.66. The van der Waals surface area contributed by atoms with Gasteiger partial charge in [-0.05, 0) is 18.4 Å². The molecule has 2 N–H and O–H groups in total. The van der Waals surface area contributed by atoms with Crippen LogP contribution in [-0.4, -0.2) is 18.6 Å². The molecule has 1 nitrogen and oxygen atoms in total. The lowest BCUT2D eigenvalue weighted by atomic mass is 10.0. The summed E-state index contributed by atoms with van der Waals surface area (Å²) in [6.45, 7) is 0.741. The molecule has 0 amide bonds. The summed E-state index contributed by atoms with van der Waals surface area (Å²) in [6.07, 6.45) is 2.12. The molecule has 2 heteroatoms. The highest BCUT2D eigenvalue weighted by molar-refractivity contribution is 7.98. The van der Waals surface area contributed by atoms with Gasteiger partial charge in [0.05, 0.1) is 0 Å². The number of rotatable bonds is 4. The fourth-order valence-corrected chi connectivity index (χ4v) is 1.96. The van der Waals surface area contributed by atoms with Gasteiger partial charge in [0.2, 0.25) is 0 Å². The summed E-state index contributed by atoms with van der Waals surface area (Å²) in [7, 11) is 0. The van der Waals surface area contributed by atoms with Crippen LogP contribution in [0.3, 0.4) is 0 Å². The van der Waals surface area contributed by atoms with Crippen molar-refractivity contribution < 1.29 is 0 Å². The first-order chi connectivity index (χ1) is 5.88. The molecule has 0 aromatic heterocycles. The molecule has 12 heavy (non-hydrogen) atoms. The molecular formula is C10H15NS. The Kier molecular flexibility index (Phi) is 4.19. The predicted molar refractivity (Wildman–Crippen MR) is 56.6 cm³/mol. The van der Waals surface area contributed by atoms with Gasteiger partial charge in [-0.1, -0.05) is 30.3 Å². The molecule has 1 atom stereocenters. The molecule has 1 rings (SSSR count). The van der Waals surface area contributed by atoms with Crippen LogP contribution in [0.1, 0.15) is 11.5 Å². The monoisotopic (exact) mass is 181 g/mol. The molecule has 0 spiro atoms. The quantitative estimate of drug-likeness (QED) is 0.769. The van der Waals surface area contributed by atoms with Crippen molar-refractivity contribution in [2.45, 2.75) is 5.92 Å². The second-order valence-corrected chi connectivity index (χ2v) is 3.71. The van der Waals surface area contributed by atoms with Crippen LogP contribution in [-0.2, 0) is 0 Å². The minimum Gasteiger partial charge on any atom is -0.330 e. The summed E-state index contributed by atoms with van der Waals surface area (Å²) in [5.41, 5.74) is 7.03. The first-order valence-corrected chi connectivity index (χ1v) is 5.51. The lowest BCUT2D eigenvalue weighted by Crippen LogP contribution is -2.14. The Labute approximate surface area is 78.4 Å². The minimum atomic E-state index is 0.515. The van der Waals surface area contributed by atoms with E-state index in [-0.39, 0.29) is 0 Å². The van der Waals surface area contributed by atoms with E-state index in [2.05, 4.69) is 30.5 Å². The highest BCUT2D eigenvalue weighted by Crippen LogP contribution is 2.17. The second-order valence-electron chi connectivity index (χ2n) is 2.80. The van der Waals surface area contributed by atoms with Gasteiger partial charge in [0.25, 0.3) is 0 Å². The van der Waals surface area contributed by atoms with Crippen LogP contribution in [0.4, 0.5) is 0 Å². The van der Waals surface area contributed by atoms with Crippen LogP contribution < -0.4 is 5.73 Å². The van der Waals surface area contributed by atoms with Crippen molar-refractivity contribution in [1.29, 1.82) is 0 Å². The van der Waals surface area contributed by atoms with E-state index >= 15 is 0 Å². The van der Waals surface area contributed by atoms with Gasteiger partial charge in [-0.25, -0.2) is 0 Å². The van der Waals surface area contributed by atoms with Crippen LogP contribution in [0, 0.1) is 0 Å². The Morgan fingerprint density at radius 2 is 2.00 bits per heavy atom. The van der Waals surface area contributed by atoms with Crippen molar-refractivity contribution in [2.24, 2.45) is 5.73 Å². The van der Waals surface area contributed by atoms with Gasteiger partial charge in [0, 0.05) is 11.7 Å². The van der Waals surface area contributed by atoms with E-state index in [0.717, 1.165) is 12.3 Å². The third-order valence-electron chi connectivity index (χ3n) is 1.92. The van der Waals surface area contributed by atoms with Crippen LogP contribution in [0.5, 0.6) is 0 Å². The number of hydrogen-bond donors (Lipinski definition) is 1. The molecule has 0 aliphatic heterocycles. The molecule has 66 valence electrons. The Morgan fingerprint density at radius 1 is 1.33 bits per heavy atom. The van der Waals surface area contributed by atoms with Gasteiger partial charge in [-0.2, -0.15) is 11.8 Å². The summed E-state index contributed by atoms with van der Waals surface area (Å²) >= 11 is 1.85. The lowest BCUT2D eigenvalue weighted by Gasteiger charge is -2.12. The third kappa shape index (κ3) is 2.54. The molecule has 1 aromatic rings. The van der Waals surface area contributed by atoms with E-state index in [0.29, 0.717) is 5.92 Å². The lowest BCUT2D eigenvalue weighted by molar-refractivity contribution is 0.786. The minimum absolute atomic E-state index is 0.515. The molecule has 0 heterocycles. The topological polar surface area (TPSA) is 26.0 Å². The van der Waals surface area contributed by atoms with Crippen molar-refractivity contribution >= 4 is 11.8 Å².